The Morgan fingerprint density at radius 1 is 1.29 bits per heavy atom. The number of carbonyl (C=O) groups is 2. The average molecular weight is 343 g/mol. The summed E-state index contributed by atoms with van der Waals surface area (Å²) < 4.78 is 0. The molecule has 0 radical (unpaired) electrons. The number of carbonyl (C=O) groups excluding carboxylic acids is 2. The minimum absolute atomic E-state index is 0.0605. The van der Waals surface area contributed by atoms with Crippen LogP contribution in [0.1, 0.15) is 18.1 Å². The number of nitriles is 1. The van der Waals surface area contributed by atoms with E-state index in [-0.39, 0.29) is 17.8 Å². The first kappa shape index (κ1) is 17.7. The van der Waals surface area contributed by atoms with Crippen molar-refractivity contribution in [2.75, 3.05) is 11.9 Å². The van der Waals surface area contributed by atoms with Gasteiger partial charge in [0.2, 0.25) is 0 Å². The number of aliphatic hydroxyl groups is 1. The lowest BCUT2D eigenvalue weighted by Crippen LogP contribution is -2.45. The van der Waals surface area contributed by atoms with Crippen molar-refractivity contribution in [1.82, 2.24) is 5.32 Å². The first-order valence-electron chi connectivity index (χ1n) is 7.23. The Morgan fingerprint density at radius 3 is 2.71 bits per heavy atom. The van der Waals surface area contributed by atoms with Crippen molar-refractivity contribution in [1.29, 1.82) is 5.26 Å². The number of hydrogen-bond acceptors (Lipinski definition) is 5. The quantitative estimate of drug-likeness (QED) is 0.719. The zero-order valence-corrected chi connectivity index (χ0v) is 13.9. The van der Waals surface area contributed by atoms with Gasteiger partial charge in [0.15, 0.2) is 0 Å². The SMILES string of the molecule is CC(O)(CNC(=O)C(=O)Nc1ccccc1C#N)Cc1ccsc1. The molecule has 0 spiro atoms. The second-order valence-electron chi connectivity index (χ2n) is 5.60. The summed E-state index contributed by atoms with van der Waals surface area (Å²) in [5.74, 6) is -1.75. The van der Waals surface area contributed by atoms with Gasteiger partial charge in [-0.05, 0) is 41.4 Å². The molecule has 1 heterocycles. The molecule has 0 saturated carbocycles. The molecule has 0 saturated heterocycles. The summed E-state index contributed by atoms with van der Waals surface area (Å²) in [5, 5.41) is 27.9. The maximum absolute atomic E-state index is 11.9. The van der Waals surface area contributed by atoms with E-state index in [0.717, 1.165) is 5.56 Å². The molecule has 0 aliphatic rings. The van der Waals surface area contributed by atoms with E-state index in [4.69, 9.17) is 5.26 Å². The molecule has 0 bridgehead atoms. The summed E-state index contributed by atoms with van der Waals surface area (Å²) >= 11 is 1.53. The number of para-hydroxylation sites is 1. The number of anilines is 1. The van der Waals surface area contributed by atoms with Crippen LogP contribution in [-0.4, -0.2) is 29.1 Å². The molecule has 124 valence electrons. The summed E-state index contributed by atoms with van der Waals surface area (Å²) in [6.45, 7) is 1.53. The van der Waals surface area contributed by atoms with E-state index in [1.165, 1.54) is 17.4 Å². The summed E-state index contributed by atoms with van der Waals surface area (Å²) in [5.41, 5.74) is 0.335. The molecule has 0 fully saturated rings. The maximum atomic E-state index is 11.9. The Morgan fingerprint density at radius 2 is 2.04 bits per heavy atom. The first-order chi connectivity index (χ1) is 11.4. The van der Waals surface area contributed by atoms with Crippen LogP contribution in [0.15, 0.2) is 41.1 Å². The fraction of sp³-hybridized carbons (Fsp3) is 0.235. The highest BCUT2D eigenvalue weighted by molar-refractivity contribution is 7.07. The molecule has 2 aromatic rings. The number of benzene rings is 1. The van der Waals surface area contributed by atoms with Crippen LogP contribution in [0, 0.1) is 11.3 Å². The van der Waals surface area contributed by atoms with Crippen LogP contribution >= 0.6 is 11.3 Å². The van der Waals surface area contributed by atoms with Crippen molar-refractivity contribution in [3.8, 4) is 6.07 Å². The van der Waals surface area contributed by atoms with E-state index >= 15 is 0 Å². The van der Waals surface area contributed by atoms with Crippen molar-refractivity contribution in [2.24, 2.45) is 0 Å². The number of amides is 2. The minimum Gasteiger partial charge on any atom is -0.388 e. The molecule has 3 N–H and O–H groups in total. The van der Waals surface area contributed by atoms with Crippen LogP contribution in [0.25, 0.3) is 0 Å². The third kappa shape index (κ3) is 4.91. The zero-order chi connectivity index (χ0) is 17.6. The largest absolute Gasteiger partial charge is 0.388 e. The first-order valence-corrected chi connectivity index (χ1v) is 8.17. The topological polar surface area (TPSA) is 102 Å². The number of nitrogens with zero attached hydrogens (tertiary/aromatic N) is 1. The smallest absolute Gasteiger partial charge is 0.313 e. The summed E-state index contributed by atoms with van der Waals surface area (Å²) in [4.78, 5) is 23.8. The van der Waals surface area contributed by atoms with Crippen molar-refractivity contribution in [2.45, 2.75) is 18.9 Å². The lowest BCUT2D eigenvalue weighted by atomic mass is 9.98. The summed E-state index contributed by atoms with van der Waals surface area (Å²) in [6, 6.07) is 10.2. The third-order valence-electron chi connectivity index (χ3n) is 3.30. The highest BCUT2D eigenvalue weighted by Gasteiger charge is 2.24. The van der Waals surface area contributed by atoms with Crippen molar-refractivity contribution in [3.63, 3.8) is 0 Å². The number of hydrogen-bond donors (Lipinski definition) is 3. The maximum Gasteiger partial charge on any atom is 0.313 e. The molecular weight excluding hydrogens is 326 g/mol. The molecule has 6 nitrogen and oxygen atoms in total. The lowest BCUT2D eigenvalue weighted by molar-refractivity contribution is -0.136. The molecule has 2 amide bonds. The minimum atomic E-state index is -1.17. The van der Waals surface area contributed by atoms with Gasteiger partial charge in [0.05, 0.1) is 16.9 Å². The molecule has 2 rings (SSSR count). The van der Waals surface area contributed by atoms with E-state index in [0.29, 0.717) is 6.42 Å². The Bertz CT molecular complexity index is 764. The van der Waals surface area contributed by atoms with Crippen LogP contribution < -0.4 is 10.6 Å². The molecule has 7 heteroatoms. The Labute approximate surface area is 143 Å². The van der Waals surface area contributed by atoms with Gasteiger partial charge in [0.25, 0.3) is 0 Å². The normalized spacial score (nSPS) is 12.7. The van der Waals surface area contributed by atoms with Crippen LogP contribution in [0.3, 0.4) is 0 Å². The highest BCUT2D eigenvalue weighted by Crippen LogP contribution is 2.15. The van der Waals surface area contributed by atoms with Gasteiger partial charge in [-0.2, -0.15) is 16.6 Å². The number of nitrogens with one attached hydrogen (secondary N) is 2. The van der Waals surface area contributed by atoms with Crippen LogP contribution in [0.5, 0.6) is 0 Å². The number of thiophene rings is 1. The fourth-order valence-electron chi connectivity index (χ4n) is 2.12. The molecule has 1 aromatic carbocycles. The lowest BCUT2D eigenvalue weighted by Gasteiger charge is -2.23. The van der Waals surface area contributed by atoms with Crippen molar-refractivity contribution < 1.29 is 14.7 Å². The molecule has 24 heavy (non-hydrogen) atoms. The van der Waals surface area contributed by atoms with E-state index in [1.807, 2.05) is 22.9 Å². The summed E-state index contributed by atoms with van der Waals surface area (Å²) in [6.07, 6.45) is 0.371. The predicted molar refractivity (Wildman–Crippen MR) is 91.4 cm³/mol. The van der Waals surface area contributed by atoms with E-state index < -0.39 is 17.4 Å². The molecular formula is C17H17N3O3S. The van der Waals surface area contributed by atoms with Crippen molar-refractivity contribution in [3.05, 3.63) is 52.2 Å². The molecule has 0 aliphatic carbocycles. The zero-order valence-electron chi connectivity index (χ0n) is 13.1. The second kappa shape index (κ2) is 7.73. The highest BCUT2D eigenvalue weighted by atomic mass is 32.1. The Kier molecular flexibility index (Phi) is 5.68. The number of rotatable bonds is 5. The van der Waals surface area contributed by atoms with Gasteiger partial charge in [0, 0.05) is 13.0 Å². The predicted octanol–water partition coefficient (Wildman–Crippen LogP) is 1.67. The Balaban J connectivity index is 1.90. The van der Waals surface area contributed by atoms with Gasteiger partial charge >= 0.3 is 11.8 Å². The molecule has 1 atom stereocenters. The fourth-order valence-corrected chi connectivity index (χ4v) is 2.78. The third-order valence-corrected chi connectivity index (χ3v) is 4.03. The van der Waals surface area contributed by atoms with Crippen LogP contribution in [0.4, 0.5) is 5.69 Å². The van der Waals surface area contributed by atoms with Gasteiger partial charge < -0.3 is 15.7 Å². The van der Waals surface area contributed by atoms with Crippen LogP contribution in [0.2, 0.25) is 0 Å². The second-order valence-corrected chi connectivity index (χ2v) is 6.38. The molecule has 1 unspecified atom stereocenters. The molecule has 1 aromatic heterocycles. The van der Waals surface area contributed by atoms with Gasteiger partial charge in [-0.1, -0.05) is 12.1 Å². The van der Waals surface area contributed by atoms with Crippen molar-refractivity contribution >= 4 is 28.8 Å². The standard InChI is InChI=1S/C17H17N3O3S/c1-17(23,8-12-6-7-24-10-12)11-19-15(21)16(22)20-14-5-3-2-4-13(14)9-18/h2-7,10,23H,8,11H2,1H3,(H,19,21)(H,20,22). The van der Waals surface area contributed by atoms with E-state index in [2.05, 4.69) is 10.6 Å². The monoisotopic (exact) mass is 343 g/mol. The molecule has 0 aliphatic heterocycles. The van der Waals surface area contributed by atoms with Gasteiger partial charge in [0.1, 0.15) is 6.07 Å². The Hall–Kier alpha value is -2.69. The van der Waals surface area contributed by atoms with Crippen LogP contribution in [-0.2, 0) is 16.0 Å². The van der Waals surface area contributed by atoms with E-state index in [9.17, 15) is 14.7 Å². The van der Waals surface area contributed by atoms with Gasteiger partial charge in [-0.25, -0.2) is 0 Å². The average Bonchev–Trinajstić information content (AvgIpc) is 3.05. The summed E-state index contributed by atoms with van der Waals surface area (Å²) in [7, 11) is 0. The van der Waals surface area contributed by atoms with Gasteiger partial charge in [-0.15, -0.1) is 0 Å². The van der Waals surface area contributed by atoms with Gasteiger partial charge in [-0.3, -0.25) is 9.59 Å². The van der Waals surface area contributed by atoms with E-state index in [1.54, 1.807) is 25.1 Å².